The maximum absolute atomic E-state index is 12.9. The molecule has 0 aliphatic heterocycles. The van der Waals surface area contributed by atoms with Crippen molar-refractivity contribution in [3.63, 3.8) is 0 Å². The number of alkyl halides is 1. The molecule has 11 heavy (non-hydrogen) atoms. The summed E-state index contributed by atoms with van der Waals surface area (Å²) in [5.41, 5.74) is 10.4. The van der Waals surface area contributed by atoms with E-state index in [1.165, 1.54) is 0 Å². The first kappa shape index (κ1) is 8.46. The van der Waals surface area contributed by atoms with Crippen LogP contribution in [0.3, 0.4) is 0 Å². The third kappa shape index (κ3) is 1.89. The summed E-state index contributed by atoms with van der Waals surface area (Å²) in [6, 6.07) is -0.398. The van der Waals surface area contributed by atoms with Crippen molar-refractivity contribution in [1.29, 1.82) is 0 Å². The molecule has 1 fully saturated rings. The standard InChI is InChI=1S/C7H13FN2O/c8-5-3-4(7(10)11)1-2-6(5)9/h4-6H,1-3,9H2,(H2,10,11)/t4-,5?,6-/m1/s1. The first-order valence-electron chi connectivity index (χ1n) is 3.80. The van der Waals surface area contributed by atoms with Crippen LogP contribution < -0.4 is 11.5 Å². The van der Waals surface area contributed by atoms with E-state index < -0.39 is 18.1 Å². The van der Waals surface area contributed by atoms with Gasteiger partial charge in [-0.15, -0.1) is 0 Å². The summed E-state index contributed by atoms with van der Waals surface area (Å²) in [6.07, 6.45) is 0.351. The van der Waals surface area contributed by atoms with E-state index in [0.29, 0.717) is 12.8 Å². The lowest BCUT2D eigenvalue weighted by Gasteiger charge is -2.27. The highest BCUT2D eigenvalue weighted by Gasteiger charge is 2.30. The fraction of sp³-hybridized carbons (Fsp3) is 0.857. The number of nitrogens with two attached hydrogens (primary N) is 2. The van der Waals surface area contributed by atoms with Gasteiger partial charge in [-0.1, -0.05) is 0 Å². The van der Waals surface area contributed by atoms with Crippen LogP contribution >= 0.6 is 0 Å². The number of amides is 1. The van der Waals surface area contributed by atoms with Crippen LogP contribution in [-0.2, 0) is 4.79 Å². The Kier molecular flexibility index (Phi) is 2.44. The van der Waals surface area contributed by atoms with Crippen LogP contribution in [0.5, 0.6) is 0 Å². The van der Waals surface area contributed by atoms with Gasteiger partial charge in [-0.25, -0.2) is 4.39 Å². The largest absolute Gasteiger partial charge is 0.369 e. The molecular weight excluding hydrogens is 147 g/mol. The summed E-state index contributed by atoms with van der Waals surface area (Å²) < 4.78 is 12.9. The highest BCUT2D eigenvalue weighted by Crippen LogP contribution is 2.25. The minimum absolute atomic E-state index is 0.205. The fourth-order valence-corrected chi connectivity index (χ4v) is 1.40. The molecule has 3 nitrogen and oxygen atoms in total. The Morgan fingerprint density at radius 3 is 2.55 bits per heavy atom. The average Bonchev–Trinajstić information content (AvgIpc) is 1.94. The van der Waals surface area contributed by atoms with E-state index in [2.05, 4.69) is 0 Å². The topological polar surface area (TPSA) is 69.1 Å². The molecule has 1 aliphatic carbocycles. The SMILES string of the molecule is NC(=O)[C@@H]1CC[C@@H](N)C(F)C1. The average molecular weight is 160 g/mol. The van der Waals surface area contributed by atoms with E-state index in [1.54, 1.807) is 0 Å². The van der Waals surface area contributed by atoms with Crippen molar-refractivity contribution in [1.82, 2.24) is 0 Å². The first-order chi connectivity index (χ1) is 5.11. The van der Waals surface area contributed by atoms with Crippen molar-refractivity contribution in [3.05, 3.63) is 0 Å². The summed E-state index contributed by atoms with van der Waals surface area (Å²) in [6.45, 7) is 0. The van der Waals surface area contributed by atoms with Gasteiger partial charge < -0.3 is 11.5 Å². The van der Waals surface area contributed by atoms with Gasteiger partial charge >= 0.3 is 0 Å². The van der Waals surface area contributed by atoms with Gasteiger partial charge in [0.1, 0.15) is 6.17 Å². The van der Waals surface area contributed by atoms with Crippen LogP contribution in [0.15, 0.2) is 0 Å². The number of halogens is 1. The number of hydrogen-bond donors (Lipinski definition) is 2. The molecule has 0 bridgehead atoms. The van der Waals surface area contributed by atoms with E-state index in [0.717, 1.165) is 0 Å². The molecule has 0 heterocycles. The molecule has 3 atom stereocenters. The number of hydrogen-bond acceptors (Lipinski definition) is 2. The van der Waals surface area contributed by atoms with Crippen LogP contribution in [0.25, 0.3) is 0 Å². The summed E-state index contributed by atoms with van der Waals surface area (Å²) in [5, 5.41) is 0. The number of carbonyl (C=O) groups is 1. The highest BCUT2D eigenvalue weighted by molar-refractivity contribution is 5.76. The van der Waals surface area contributed by atoms with Gasteiger partial charge in [-0.3, -0.25) is 4.79 Å². The molecule has 0 aromatic heterocycles. The van der Waals surface area contributed by atoms with E-state index in [1.807, 2.05) is 0 Å². The maximum Gasteiger partial charge on any atom is 0.220 e. The molecule has 0 radical (unpaired) electrons. The summed E-state index contributed by atoms with van der Waals surface area (Å²) in [4.78, 5) is 10.6. The van der Waals surface area contributed by atoms with E-state index in [4.69, 9.17) is 11.5 Å². The molecule has 64 valence electrons. The van der Waals surface area contributed by atoms with Gasteiger partial charge in [0.05, 0.1) is 0 Å². The molecule has 0 aromatic rings. The summed E-state index contributed by atoms with van der Waals surface area (Å²) >= 11 is 0. The van der Waals surface area contributed by atoms with Crippen molar-refractivity contribution in [2.24, 2.45) is 17.4 Å². The predicted molar refractivity (Wildman–Crippen MR) is 39.4 cm³/mol. The monoisotopic (exact) mass is 160 g/mol. The van der Waals surface area contributed by atoms with Crippen LogP contribution in [0.2, 0.25) is 0 Å². The van der Waals surface area contributed by atoms with Crippen LogP contribution in [-0.4, -0.2) is 18.1 Å². The van der Waals surface area contributed by atoms with E-state index >= 15 is 0 Å². The molecule has 4 N–H and O–H groups in total. The minimum Gasteiger partial charge on any atom is -0.369 e. The van der Waals surface area contributed by atoms with Crippen molar-refractivity contribution in [2.75, 3.05) is 0 Å². The Hall–Kier alpha value is -0.640. The Bertz CT molecular complexity index is 163. The second-order valence-electron chi connectivity index (χ2n) is 3.09. The third-order valence-corrected chi connectivity index (χ3v) is 2.23. The van der Waals surface area contributed by atoms with Crippen molar-refractivity contribution in [3.8, 4) is 0 Å². The Morgan fingerprint density at radius 2 is 2.09 bits per heavy atom. The molecule has 0 aromatic carbocycles. The van der Waals surface area contributed by atoms with Crippen LogP contribution in [0, 0.1) is 5.92 Å². The highest BCUT2D eigenvalue weighted by atomic mass is 19.1. The van der Waals surface area contributed by atoms with Gasteiger partial charge in [0.15, 0.2) is 0 Å². The minimum atomic E-state index is -1.05. The van der Waals surface area contributed by atoms with E-state index in [9.17, 15) is 9.18 Å². The fourth-order valence-electron chi connectivity index (χ4n) is 1.40. The Morgan fingerprint density at radius 1 is 1.45 bits per heavy atom. The van der Waals surface area contributed by atoms with Gasteiger partial charge in [0.2, 0.25) is 5.91 Å². The second kappa shape index (κ2) is 3.17. The lowest BCUT2D eigenvalue weighted by Crippen LogP contribution is -2.41. The van der Waals surface area contributed by atoms with Crippen molar-refractivity contribution in [2.45, 2.75) is 31.5 Å². The molecule has 0 spiro atoms. The van der Waals surface area contributed by atoms with Crippen molar-refractivity contribution >= 4 is 5.91 Å². The third-order valence-electron chi connectivity index (χ3n) is 2.23. The zero-order chi connectivity index (χ0) is 8.43. The van der Waals surface area contributed by atoms with Crippen molar-refractivity contribution < 1.29 is 9.18 Å². The Labute approximate surface area is 64.9 Å². The van der Waals surface area contributed by atoms with Gasteiger partial charge in [-0.05, 0) is 19.3 Å². The predicted octanol–water partition coefficient (Wildman–Crippen LogP) is -0.0628. The van der Waals surface area contributed by atoms with E-state index in [-0.39, 0.29) is 12.3 Å². The molecular formula is C7H13FN2O. The summed E-state index contributed by atoms with van der Waals surface area (Å²) in [5.74, 6) is -0.704. The first-order valence-corrected chi connectivity index (χ1v) is 3.80. The lowest BCUT2D eigenvalue weighted by atomic mass is 9.85. The number of carbonyl (C=O) groups excluding carboxylic acids is 1. The quantitative estimate of drug-likeness (QED) is 0.564. The maximum atomic E-state index is 12.9. The number of rotatable bonds is 1. The molecule has 0 saturated heterocycles. The smallest absolute Gasteiger partial charge is 0.220 e. The Balaban J connectivity index is 2.46. The van der Waals surface area contributed by atoms with Crippen LogP contribution in [0.1, 0.15) is 19.3 Å². The van der Waals surface area contributed by atoms with Crippen LogP contribution in [0.4, 0.5) is 4.39 Å². The second-order valence-corrected chi connectivity index (χ2v) is 3.09. The molecule has 1 unspecified atom stereocenters. The van der Waals surface area contributed by atoms with Gasteiger partial charge in [0, 0.05) is 12.0 Å². The molecule has 1 aliphatic rings. The molecule has 1 amide bonds. The summed E-state index contributed by atoms with van der Waals surface area (Å²) in [7, 11) is 0. The lowest BCUT2D eigenvalue weighted by molar-refractivity contribution is -0.123. The zero-order valence-electron chi connectivity index (χ0n) is 6.29. The molecule has 1 saturated carbocycles. The normalized spacial score (nSPS) is 38.5. The van der Waals surface area contributed by atoms with Gasteiger partial charge in [-0.2, -0.15) is 0 Å². The molecule has 1 rings (SSSR count). The molecule has 4 heteroatoms. The zero-order valence-corrected chi connectivity index (χ0v) is 6.29. The van der Waals surface area contributed by atoms with Gasteiger partial charge in [0.25, 0.3) is 0 Å². The number of primary amides is 1.